The van der Waals surface area contributed by atoms with Crippen molar-refractivity contribution < 1.29 is 34.0 Å². The van der Waals surface area contributed by atoms with Gasteiger partial charge in [-0.2, -0.15) is 0 Å². The molecule has 3 aliphatic rings. The normalized spacial score (nSPS) is 49.4. The minimum Gasteiger partial charge on any atom is -0.479 e. The highest BCUT2D eigenvalue weighted by atomic mass is 16.8. The molecule has 140 valence electrons. The van der Waals surface area contributed by atoms with Crippen molar-refractivity contribution >= 4 is 5.97 Å². The van der Waals surface area contributed by atoms with Crippen LogP contribution in [0.15, 0.2) is 5.11 Å². The zero-order chi connectivity index (χ0) is 18.3. The Hall–Kier alpha value is -1.42. The highest BCUT2D eigenvalue weighted by molar-refractivity contribution is 5.73. The number of fused-ring (bicyclic) bond motifs is 2. The molecule has 2 N–H and O–H groups in total. The van der Waals surface area contributed by atoms with Crippen LogP contribution >= 0.6 is 0 Å². The number of aliphatic hydroxyl groups excluding tert-OH is 1. The Morgan fingerprint density at radius 3 is 2.60 bits per heavy atom. The van der Waals surface area contributed by atoms with E-state index in [-0.39, 0.29) is 23.9 Å². The molecule has 3 fully saturated rings. The summed E-state index contributed by atoms with van der Waals surface area (Å²) in [6.45, 7) is 5.78. The summed E-state index contributed by atoms with van der Waals surface area (Å²) in [5.74, 6) is -1.97. The van der Waals surface area contributed by atoms with Gasteiger partial charge in [0.2, 0.25) is 0 Å². The molecule has 0 aromatic carbocycles. The van der Waals surface area contributed by atoms with Gasteiger partial charge in [-0.15, -0.1) is 0 Å². The summed E-state index contributed by atoms with van der Waals surface area (Å²) in [5, 5.41) is 23.1. The highest BCUT2D eigenvalue weighted by Gasteiger charge is 2.52. The Labute approximate surface area is 144 Å². The molecule has 10 atom stereocenters. The smallest absolute Gasteiger partial charge is 0.335 e. The molecule has 3 aliphatic heterocycles. The lowest BCUT2D eigenvalue weighted by Crippen LogP contribution is -2.57. The van der Waals surface area contributed by atoms with E-state index in [1.54, 1.807) is 6.92 Å². The van der Waals surface area contributed by atoms with Crippen molar-refractivity contribution in [3.05, 3.63) is 10.4 Å². The molecule has 0 saturated carbocycles. The summed E-state index contributed by atoms with van der Waals surface area (Å²) in [6, 6.07) is -0.536. The number of carbonyl (C=O) groups is 1. The minimum atomic E-state index is -1.35. The number of hydrogen-bond donors (Lipinski definition) is 2. The Balaban J connectivity index is 1.77. The van der Waals surface area contributed by atoms with Crippen molar-refractivity contribution in [2.24, 2.45) is 22.9 Å². The maximum atomic E-state index is 11.3. The van der Waals surface area contributed by atoms with Crippen LogP contribution < -0.4 is 0 Å². The predicted molar refractivity (Wildman–Crippen MR) is 82.2 cm³/mol. The molecular formula is C15H23N3O7. The Morgan fingerprint density at radius 1 is 1.24 bits per heavy atom. The largest absolute Gasteiger partial charge is 0.479 e. The van der Waals surface area contributed by atoms with Crippen LogP contribution in [0.5, 0.6) is 0 Å². The third-order valence-corrected chi connectivity index (χ3v) is 5.54. The first-order valence-corrected chi connectivity index (χ1v) is 8.38. The molecule has 2 bridgehead atoms. The molecule has 0 amide bonds. The van der Waals surface area contributed by atoms with Crippen molar-refractivity contribution in [1.29, 1.82) is 0 Å². The van der Waals surface area contributed by atoms with Gasteiger partial charge in [-0.05, 0) is 17.4 Å². The molecule has 3 unspecified atom stereocenters. The van der Waals surface area contributed by atoms with Crippen LogP contribution in [-0.2, 0) is 23.7 Å². The quantitative estimate of drug-likeness (QED) is 0.432. The molecule has 3 rings (SSSR count). The Kier molecular flexibility index (Phi) is 5.19. The monoisotopic (exact) mass is 357 g/mol. The highest BCUT2D eigenvalue weighted by Crippen LogP contribution is 2.39. The van der Waals surface area contributed by atoms with Crippen LogP contribution in [0.1, 0.15) is 20.8 Å². The molecular weight excluding hydrogens is 334 g/mol. The van der Waals surface area contributed by atoms with Crippen molar-refractivity contribution in [2.75, 3.05) is 6.61 Å². The number of aliphatic carboxylic acids is 1. The van der Waals surface area contributed by atoms with E-state index in [1.165, 1.54) is 0 Å². The second-order valence-corrected chi connectivity index (χ2v) is 7.00. The van der Waals surface area contributed by atoms with Crippen LogP contribution in [-0.4, -0.2) is 65.8 Å². The number of hydrogen-bond acceptors (Lipinski definition) is 7. The third-order valence-electron chi connectivity index (χ3n) is 5.54. The summed E-state index contributed by atoms with van der Waals surface area (Å²) in [4.78, 5) is 14.2. The van der Waals surface area contributed by atoms with Crippen LogP contribution in [0.3, 0.4) is 0 Å². The lowest BCUT2D eigenvalue weighted by Gasteiger charge is -2.44. The Bertz CT molecular complexity index is 569. The number of carboxylic acids is 1. The van der Waals surface area contributed by atoms with Crippen molar-refractivity contribution in [3.63, 3.8) is 0 Å². The second-order valence-electron chi connectivity index (χ2n) is 7.00. The maximum Gasteiger partial charge on any atom is 0.335 e. The Morgan fingerprint density at radius 2 is 1.96 bits per heavy atom. The number of nitrogens with zero attached hydrogens (tertiary/aromatic N) is 3. The van der Waals surface area contributed by atoms with Gasteiger partial charge in [0.1, 0.15) is 6.10 Å². The minimum absolute atomic E-state index is 0.191. The molecule has 0 aliphatic carbocycles. The summed E-state index contributed by atoms with van der Waals surface area (Å²) in [6.07, 6.45) is -4.68. The summed E-state index contributed by atoms with van der Waals surface area (Å²) in [5.41, 5.74) is 8.76. The zero-order valence-corrected chi connectivity index (χ0v) is 14.3. The first kappa shape index (κ1) is 18.4. The summed E-state index contributed by atoms with van der Waals surface area (Å²) in [7, 11) is 0. The van der Waals surface area contributed by atoms with E-state index < -0.39 is 42.9 Å². The van der Waals surface area contributed by atoms with Gasteiger partial charge >= 0.3 is 5.97 Å². The predicted octanol–water partition coefficient (Wildman–Crippen LogP) is 0.884. The topological polar surface area (TPSA) is 143 Å². The lowest BCUT2D eigenvalue weighted by molar-refractivity contribution is -0.297. The van der Waals surface area contributed by atoms with E-state index in [2.05, 4.69) is 10.0 Å². The first-order valence-electron chi connectivity index (χ1n) is 8.38. The summed E-state index contributed by atoms with van der Waals surface area (Å²) < 4.78 is 22.8. The van der Waals surface area contributed by atoms with Crippen molar-refractivity contribution in [3.8, 4) is 0 Å². The van der Waals surface area contributed by atoms with Crippen molar-refractivity contribution in [1.82, 2.24) is 0 Å². The zero-order valence-electron chi connectivity index (χ0n) is 14.3. The number of azide groups is 1. The van der Waals surface area contributed by atoms with E-state index in [0.717, 1.165) is 0 Å². The average Bonchev–Trinajstić information content (AvgIpc) is 3.01. The number of ether oxygens (including phenoxy) is 4. The first-order chi connectivity index (χ1) is 11.8. The van der Waals surface area contributed by atoms with E-state index in [1.807, 2.05) is 13.8 Å². The molecule has 0 spiro atoms. The molecule has 25 heavy (non-hydrogen) atoms. The van der Waals surface area contributed by atoms with Crippen molar-refractivity contribution in [2.45, 2.75) is 63.8 Å². The average molecular weight is 357 g/mol. The third kappa shape index (κ3) is 3.21. The fraction of sp³-hybridized carbons (Fsp3) is 0.933. The fourth-order valence-corrected chi connectivity index (χ4v) is 3.70. The van der Waals surface area contributed by atoms with Gasteiger partial charge in [0.05, 0.1) is 24.9 Å². The second kappa shape index (κ2) is 7.06. The molecule has 10 heteroatoms. The number of rotatable bonds is 4. The van der Waals surface area contributed by atoms with E-state index in [4.69, 9.17) is 24.5 Å². The van der Waals surface area contributed by atoms with Crippen LogP contribution in [0.4, 0.5) is 0 Å². The fourth-order valence-electron chi connectivity index (χ4n) is 3.70. The van der Waals surface area contributed by atoms with E-state index in [0.29, 0.717) is 6.61 Å². The SMILES string of the molecule is CC1[C@H](O[C@@H]2C3CO[C@H](O3)C(N=[N+]=[N-])[C@H]2C)O[C@@H](C(=O)O)[C@@H](O)[C@@H]1C. The molecule has 3 heterocycles. The summed E-state index contributed by atoms with van der Waals surface area (Å²) >= 11 is 0. The van der Waals surface area contributed by atoms with Crippen LogP contribution in [0.2, 0.25) is 0 Å². The van der Waals surface area contributed by atoms with Gasteiger partial charge in [-0.1, -0.05) is 25.9 Å². The molecule has 0 radical (unpaired) electrons. The number of aliphatic hydroxyl groups is 1. The van der Waals surface area contributed by atoms with Gasteiger partial charge in [-0.25, -0.2) is 4.79 Å². The lowest BCUT2D eigenvalue weighted by atomic mass is 9.84. The number of carboxylic acid groups (broad SMARTS) is 1. The molecule has 0 aromatic rings. The van der Waals surface area contributed by atoms with Gasteiger partial charge in [-0.3, -0.25) is 0 Å². The molecule has 3 saturated heterocycles. The standard InChI is InChI=1S/C15H23N3O7/c1-5-6(2)14(25-12(10(5)19)13(20)21)24-11-7(3)9(17-18-16)15-22-4-8(11)23-15/h5-12,14-15,19H,4H2,1-3H3,(H,20,21)/t5-,6?,7-,8?,9?,10+,11+,12-,14-,15-/m1/s1. The van der Waals surface area contributed by atoms with Gasteiger partial charge in [0.15, 0.2) is 18.7 Å². The molecule has 10 nitrogen and oxygen atoms in total. The van der Waals surface area contributed by atoms with E-state index in [9.17, 15) is 15.0 Å². The van der Waals surface area contributed by atoms with Gasteiger partial charge in [0, 0.05) is 10.8 Å². The molecule has 0 aromatic heterocycles. The van der Waals surface area contributed by atoms with Crippen LogP contribution in [0, 0.1) is 17.8 Å². The van der Waals surface area contributed by atoms with E-state index >= 15 is 0 Å². The van der Waals surface area contributed by atoms with Gasteiger partial charge in [0.25, 0.3) is 0 Å². The van der Waals surface area contributed by atoms with Crippen LogP contribution in [0.25, 0.3) is 10.4 Å². The van der Waals surface area contributed by atoms with Gasteiger partial charge < -0.3 is 29.2 Å². The maximum absolute atomic E-state index is 11.3.